The number of nitrogens with one attached hydrogen (secondary N) is 1. The molecule has 11 heteroatoms. The van der Waals surface area contributed by atoms with Gasteiger partial charge in [0.15, 0.2) is 0 Å². The predicted molar refractivity (Wildman–Crippen MR) is 197 cm³/mol. The Hall–Kier alpha value is -3.07. The minimum absolute atomic E-state index is 0.130. The standard InChI is InChI=1S/C39H50ClN3O6S/c1-28-8-6-16-39(47-3,17-7-18-42-20-22-48-23-21-42)35-14-11-32(35)26-43-19-5-4-9-30-24-34(40)13-10-33(30)27-49-37-15-12-31(25-36(37)43)38(44)41-50(45,46)29(28)2/h6,10,12-13,15-16,24-25,28-29,32,35H,4-5,8-9,11,14,18-23,26-27H2,1-3H3,(H,41,44)/b16-6+/t28-,29+,32-,35+,39+/m0/s1. The van der Waals surface area contributed by atoms with Crippen molar-refractivity contribution in [1.82, 2.24) is 9.62 Å². The molecule has 1 N–H and O–H groups in total. The van der Waals surface area contributed by atoms with Crippen molar-refractivity contribution in [3.63, 3.8) is 0 Å². The molecule has 0 aromatic heterocycles. The van der Waals surface area contributed by atoms with Crippen LogP contribution >= 0.6 is 11.6 Å². The van der Waals surface area contributed by atoms with Crippen LogP contribution in [0.5, 0.6) is 5.75 Å². The van der Waals surface area contributed by atoms with Crippen LogP contribution in [0.25, 0.3) is 0 Å². The number of ether oxygens (including phenoxy) is 3. The van der Waals surface area contributed by atoms with E-state index in [4.69, 9.17) is 25.8 Å². The summed E-state index contributed by atoms with van der Waals surface area (Å²) in [5.41, 5.74) is 2.49. The average Bonchev–Trinajstić information content (AvgIpc) is 3.12. The minimum Gasteiger partial charge on any atom is -0.487 e. The van der Waals surface area contributed by atoms with Crippen LogP contribution in [0, 0.1) is 29.6 Å². The van der Waals surface area contributed by atoms with Crippen LogP contribution in [-0.2, 0) is 32.5 Å². The molecule has 6 rings (SSSR count). The number of hydrogen-bond acceptors (Lipinski definition) is 8. The predicted octanol–water partition coefficient (Wildman–Crippen LogP) is 5.85. The number of halogens is 1. The summed E-state index contributed by atoms with van der Waals surface area (Å²) in [5.74, 6) is 7.18. The summed E-state index contributed by atoms with van der Waals surface area (Å²) >= 11 is 6.38. The van der Waals surface area contributed by atoms with Crippen LogP contribution < -0.4 is 14.4 Å². The molecule has 1 saturated heterocycles. The highest BCUT2D eigenvalue weighted by Gasteiger charge is 2.47. The molecule has 0 radical (unpaired) electrons. The van der Waals surface area contributed by atoms with Crippen molar-refractivity contribution in [1.29, 1.82) is 0 Å². The number of allylic oxidation sites excluding steroid dienone is 1. The quantitative estimate of drug-likeness (QED) is 0.305. The minimum atomic E-state index is -3.97. The molecule has 5 atom stereocenters. The summed E-state index contributed by atoms with van der Waals surface area (Å²) in [6.07, 6.45) is 9.34. The molecule has 3 aliphatic heterocycles. The van der Waals surface area contributed by atoms with E-state index in [9.17, 15) is 13.2 Å². The molecule has 2 aromatic rings. The lowest BCUT2D eigenvalue weighted by Crippen LogP contribution is -2.50. The van der Waals surface area contributed by atoms with Gasteiger partial charge in [-0.15, -0.1) is 0 Å². The van der Waals surface area contributed by atoms with Crippen molar-refractivity contribution in [2.24, 2.45) is 17.8 Å². The lowest BCUT2D eigenvalue weighted by Gasteiger charge is -2.47. The highest BCUT2D eigenvalue weighted by atomic mass is 35.5. The van der Waals surface area contributed by atoms with Crippen LogP contribution in [0.4, 0.5) is 5.69 Å². The van der Waals surface area contributed by atoms with E-state index in [0.717, 1.165) is 69.5 Å². The van der Waals surface area contributed by atoms with Gasteiger partial charge in [-0.1, -0.05) is 42.5 Å². The number of carbonyl (C=O) groups excluding carboxylic acids is 1. The summed E-state index contributed by atoms with van der Waals surface area (Å²) in [4.78, 5) is 18.2. The van der Waals surface area contributed by atoms with Crippen molar-refractivity contribution >= 4 is 33.2 Å². The average molecular weight is 724 g/mol. The molecular formula is C39H50ClN3O6S. The molecule has 2 bridgehead atoms. The zero-order valence-corrected chi connectivity index (χ0v) is 31.0. The van der Waals surface area contributed by atoms with Crippen LogP contribution in [0.15, 0.2) is 48.6 Å². The monoisotopic (exact) mass is 723 g/mol. The summed E-state index contributed by atoms with van der Waals surface area (Å²) in [5, 5.41) is -0.0998. The molecule has 0 unspecified atom stereocenters. The number of nitrogens with zero attached hydrogens (tertiary/aromatic N) is 2. The number of carbonyl (C=O) groups is 1. The lowest BCUT2D eigenvalue weighted by atomic mass is 9.64. The molecular weight excluding hydrogens is 674 g/mol. The number of amides is 1. The maximum Gasteiger partial charge on any atom is 0.264 e. The Morgan fingerprint density at radius 3 is 2.64 bits per heavy atom. The Labute approximate surface area is 302 Å². The van der Waals surface area contributed by atoms with E-state index in [0.29, 0.717) is 43.6 Å². The Morgan fingerprint density at radius 2 is 1.88 bits per heavy atom. The second-order valence-corrected chi connectivity index (χ2v) is 16.7. The van der Waals surface area contributed by atoms with Gasteiger partial charge in [-0.2, -0.15) is 0 Å². The maximum atomic E-state index is 13.5. The number of benzene rings is 2. The summed E-state index contributed by atoms with van der Waals surface area (Å²) in [7, 11) is -2.23. The van der Waals surface area contributed by atoms with E-state index in [1.807, 2.05) is 31.2 Å². The van der Waals surface area contributed by atoms with E-state index in [-0.39, 0.29) is 23.3 Å². The van der Waals surface area contributed by atoms with Crippen LogP contribution in [0.3, 0.4) is 0 Å². The van der Waals surface area contributed by atoms with Crippen molar-refractivity contribution < 1.29 is 27.4 Å². The van der Waals surface area contributed by atoms with Crippen molar-refractivity contribution in [2.75, 3.05) is 57.9 Å². The molecule has 50 heavy (non-hydrogen) atoms. The van der Waals surface area contributed by atoms with E-state index < -0.39 is 26.8 Å². The molecule has 1 aliphatic carbocycles. The third-order valence-electron chi connectivity index (χ3n) is 11.1. The number of sulfonamides is 1. The summed E-state index contributed by atoms with van der Waals surface area (Å²) < 4.78 is 47.8. The van der Waals surface area contributed by atoms with E-state index in [2.05, 4.69) is 32.4 Å². The van der Waals surface area contributed by atoms with Gasteiger partial charge in [0.2, 0.25) is 10.0 Å². The molecule has 3 heterocycles. The first kappa shape index (κ1) is 36.7. The van der Waals surface area contributed by atoms with E-state index in [1.54, 1.807) is 32.2 Å². The Bertz CT molecular complexity index is 1730. The van der Waals surface area contributed by atoms with E-state index in [1.165, 1.54) is 5.56 Å². The van der Waals surface area contributed by atoms with Crippen LogP contribution in [-0.4, -0.2) is 83.1 Å². The Morgan fingerprint density at radius 1 is 1.06 bits per heavy atom. The smallest absolute Gasteiger partial charge is 0.264 e. The SMILES string of the molecule is CO[C@@]1(C#CCN2CCOCC2)/C=C/C[C@H](C)[C@@H](C)S(=O)(=O)NC(=O)c2ccc3c(c2)N(CCCCc2cc(Cl)ccc2CO3)C[C@@H]2CC[C@H]21. The molecule has 1 amide bonds. The van der Waals surface area contributed by atoms with Gasteiger partial charge in [0.25, 0.3) is 5.91 Å². The normalized spacial score (nSPS) is 29.7. The van der Waals surface area contributed by atoms with Crippen LogP contribution in [0.2, 0.25) is 5.02 Å². The lowest BCUT2D eigenvalue weighted by molar-refractivity contribution is -0.0350. The second kappa shape index (κ2) is 16.1. The van der Waals surface area contributed by atoms with Gasteiger partial charge in [0, 0.05) is 49.8 Å². The highest BCUT2D eigenvalue weighted by molar-refractivity contribution is 7.90. The molecule has 0 spiro atoms. The number of aryl methyl sites for hydroxylation is 1. The first-order chi connectivity index (χ1) is 24.1. The van der Waals surface area contributed by atoms with Gasteiger partial charge >= 0.3 is 0 Å². The molecule has 4 aliphatic rings. The van der Waals surface area contributed by atoms with Crippen molar-refractivity contribution in [3.8, 4) is 17.6 Å². The summed E-state index contributed by atoms with van der Waals surface area (Å²) in [6.45, 7) is 9.14. The second-order valence-electron chi connectivity index (χ2n) is 14.2. The Kier molecular flexibility index (Phi) is 11.8. The van der Waals surface area contributed by atoms with Crippen molar-refractivity contribution in [2.45, 2.75) is 69.8 Å². The van der Waals surface area contributed by atoms with Gasteiger partial charge in [0.1, 0.15) is 18.0 Å². The molecule has 1 saturated carbocycles. The third kappa shape index (κ3) is 8.35. The van der Waals surface area contributed by atoms with Gasteiger partial charge in [0.05, 0.1) is 30.7 Å². The van der Waals surface area contributed by atoms with Gasteiger partial charge in [-0.25, -0.2) is 13.1 Å². The molecule has 270 valence electrons. The number of morpholine rings is 1. The number of anilines is 1. The third-order valence-corrected chi connectivity index (χ3v) is 13.2. The summed E-state index contributed by atoms with van der Waals surface area (Å²) in [6, 6.07) is 11.2. The topological polar surface area (TPSA) is 97.4 Å². The zero-order valence-electron chi connectivity index (χ0n) is 29.5. The number of hydrogen-bond donors (Lipinski definition) is 1. The first-order valence-electron chi connectivity index (χ1n) is 18.0. The largest absolute Gasteiger partial charge is 0.487 e. The number of rotatable bonds is 2. The number of methoxy groups -OCH3 is 1. The molecule has 9 nitrogen and oxygen atoms in total. The van der Waals surface area contributed by atoms with E-state index >= 15 is 0 Å². The van der Waals surface area contributed by atoms with Crippen LogP contribution in [0.1, 0.15) is 67.4 Å². The fourth-order valence-corrected chi connectivity index (χ4v) is 9.01. The maximum absolute atomic E-state index is 13.5. The fraction of sp³-hybridized carbons (Fsp3) is 0.564. The first-order valence-corrected chi connectivity index (χ1v) is 19.9. The van der Waals surface area contributed by atoms with Gasteiger partial charge in [-0.3, -0.25) is 9.69 Å². The van der Waals surface area contributed by atoms with Gasteiger partial charge < -0.3 is 19.1 Å². The highest BCUT2D eigenvalue weighted by Crippen LogP contribution is 2.46. The Balaban J connectivity index is 1.39. The zero-order chi connectivity index (χ0) is 35.3. The fourth-order valence-electron chi connectivity index (χ4n) is 7.53. The molecule has 2 fully saturated rings. The molecule has 2 aromatic carbocycles. The van der Waals surface area contributed by atoms with Gasteiger partial charge in [-0.05, 0) is 105 Å². The van der Waals surface area contributed by atoms with Crippen molar-refractivity contribution in [3.05, 3.63) is 70.3 Å². The number of fused-ring (bicyclic) bond motifs is 3.